The molecule has 1 amide bonds. The third-order valence-corrected chi connectivity index (χ3v) is 1.89. The Hall–Kier alpha value is -0.800. The molecular formula is C7H12FNO2. The molecule has 0 aliphatic heterocycles. The lowest BCUT2D eigenvalue weighted by molar-refractivity contribution is 0.0634. The molecule has 0 saturated heterocycles. The molecule has 0 aromatic heterocycles. The fourth-order valence-electron chi connectivity index (χ4n) is 1.30. The molecule has 64 valence electrons. The predicted octanol–water partition coefficient (Wildman–Crippen LogP) is 1.36. The summed E-state index contributed by atoms with van der Waals surface area (Å²) < 4.78 is 17.2. The normalized spacial score (nSPS) is 31.4. The van der Waals surface area contributed by atoms with Crippen LogP contribution >= 0.6 is 0 Å². The number of hydrogen-bond donors (Lipinski definition) is 1. The first kappa shape index (κ1) is 8.30. The lowest BCUT2D eigenvalue weighted by Gasteiger charge is -2.23. The number of nitrogens with two attached hydrogens (primary N) is 1. The van der Waals surface area contributed by atoms with Gasteiger partial charge in [-0.1, -0.05) is 0 Å². The van der Waals surface area contributed by atoms with Crippen molar-refractivity contribution in [2.45, 2.75) is 38.0 Å². The molecule has 1 saturated carbocycles. The first-order valence-corrected chi connectivity index (χ1v) is 3.78. The van der Waals surface area contributed by atoms with Crippen molar-refractivity contribution in [1.82, 2.24) is 0 Å². The Bertz CT molecular complexity index is 143. The molecule has 0 heterocycles. The molecule has 1 aliphatic rings. The molecule has 0 aromatic rings. The van der Waals surface area contributed by atoms with Crippen molar-refractivity contribution >= 4 is 6.09 Å². The molecule has 0 spiro atoms. The van der Waals surface area contributed by atoms with Gasteiger partial charge in [-0.2, -0.15) is 0 Å². The summed E-state index contributed by atoms with van der Waals surface area (Å²) >= 11 is 0. The van der Waals surface area contributed by atoms with E-state index in [0.29, 0.717) is 25.7 Å². The van der Waals surface area contributed by atoms with Gasteiger partial charge in [0.15, 0.2) is 0 Å². The van der Waals surface area contributed by atoms with Crippen molar-refractivity contribution in [3.8, 4) is 0 Å². The highest BCUT2D eigenvalue weighted by atomic mass is 19.1. The number of amides is 1. The van der Waals surface area contributed by atoms with Crippen LogP contribution in [0.4, 0.5) is 9.18 Å². The fraction of sp³-hybridized carbons (Fsp3) is 0.857. The van der Waals surface area contributed by atoms with Gasteiger partial charge in [0.2, 0.25) is 0 Å². The van der Waals surface area contributed by atoms with Gasteiger partial charge in [0.25, 0.3) is 0 Å². The van der Waals surface area contributed by atoms with Gasteiger partial charge in [-0.05, 0) is 25.7 Å². The smallest absolute Gasteiger partial charge is 0.404 e. The van der Waals surface area contributed by atoms with Crippen LogP contribution in [0, 0.1) is 0 Å². The quantitative estimate of drug-likeness (QED) is 0.631. The fourth-order valence-corrected chi connectivity index (χ4v) is 1.30. The van der Waals surface area contributed by atoms with Gasteiger partial charge in [-0.15, -0.1) is 0 Å². The van der Waals surface area contributed by atoms with Gasteiger partial charge < -0.3 is 10.5 Å². The van der Waals surface area contributed by atoms with Gasteiger partial charge in [0.05, 0.1) is 0 Å². The summed E-state index contributed by atoms with van der Waals surface area (Å²) in [5.74, 6) is 0. The van der Waals surface area contributed by atoms with Crippen LogP contribution in [0.3, 0.4) is 0 Å². The van der Waals surface area contributed by atoms with Gasteiger partial charge in [0, 0.05) is 0 Å². The topological polar surface area (TPSA) is 52.3 Å². The summed E-state index contributed by atoms with van der Waals surface area (Å²) in [6.07, 6.45) is 0.541. The Kier molecular flexibility index (Phi) is 2.68. The Morgan fingerprint density at radius 3 is 2.36 bits per heavy atom. The maximum Gasteiger partial charge on any atom is 0.404 e. The zero-order valence-electron chi connectivity index (χ0n) is 6.25. The van der Waals surface area contributed by atoms with Crippen molar-refractivity contribution in [3.05, 3.63) is 0 Å². The number of halogens is 1. The minimum Gasteiger partial charge on any atom is -0.446 e. The van der Waals surface area contributed by atoms with Crippen LogP contribution in [0.15, 0.2) is 0 Å². The van der Waals surface area contributed by atoms with E-state index in [-0.39, 0.29) is 6.10 Å². The Labute approximate surface area is 64.7 Å². The van der Waals surface area contributed by atoms with Crippen LogP contribution in [-0.4, -0.2) is 18.4 Å². The standard InChI is InChI=1S/C7H12FNO2/c8-5-1-3-6(4-2-5)11-7(9)10/h5-6H,1-4H2,(H2,9,10)/t5-,6+. The number of carbonyl (C=O) groups is 1. The van der Waals surface area contributed by atoms with Crippen molar-refractivity contribution < 1.29 is 13.9 Å². The second kappa shape index (κ2) is 3.55. The number of primary amides is 1. The van der Waals surface area contributed by atoms with Crippen LogP contribution in [0.2, 0.25) is 0 Å². The monoisotopic (exact) mass is 161 g/mol. The summed E-state index contributed by atoms with van der Waals surface area (Å²) in [4.78, 5) is 10.3. The van der Waals surface area contributed by atoms with E-state index in [1.54, 1.807) is 0 Å². The Morgan fingerprint density at radius 2 is 1.91 bits per heavy atom. The van der Waals surface area contributed by atoms with Crippen LogP contribution < -0.4 is 5.73 Å². The molecule has 3 nitrogen and oxygen atoms in total. The van der Waals surface area contributed by atoms with E-state index in [9.17, 15) is 9.18 Å². The molecule has 0 bridgehead atoms. The van der Waals surface area contributed by atoms with E-state index in [1.165, 1.54) is 0 Å². The molecule has 1 aliphatic carbocycles. The minimum atomic E-state index is -0.757. The lowest BCUT2D eigenvalue weighted by atomic mass is 9.96. The average Bonchev–Trinajstić information content (AvgIpc) is 1.93. The number of alkyl halides is 1. The number of rotatable bonds is 1. The maximum atomic E-state index is 12.5. The molecule has 0 aromatic carbocycles. The Balaban J connectivity index is 2.22. The van der Waals surface area contributed by atoms with Crippen LogP contribution in [0.5, 0.6) is 0 Å². The summed E-state index contributed by atoms with van der Waals surface area (Å²) in [6.45, 7) is 0. The molecule has 4 heteroatoms. The van der Waals surface area contributed by atoms with Crippen LogP contribution in [-0.2, 0) is 4.74 Å². The summed E-state index contributed by atoms with van der Waals surface area (Å²) in [7, 11) is 0. The SMILES string of the molecule is NC(=O)O[C@H]1CC[C@@H](F)CC1. The predicted molar refractivity (Wildman–Crippen MR) is 37.8 cm³/mol. The third kappa shape index (κ3) is 2.74. The van der Waals surface area contributed by atoms with Crippen LogP contribution in [0.1, 0.15) is 25.7 Å². The van der Waals surface area contributed by atoms with Gasteiger partial charge >= 0.3 is 6.09 Å². The minimum absolute atomic E-state index is 0.153. The second-order valence-corrected chi connectivity index (χ2v) is 2.81. The summed E-state index contributed by atoms with van der Waals surface area (Å²) in [5, 5.41) is 0. The molecular weight excluding hydrogens is 149 g/mol. The summed E-state index contributed by atoms with van der Waals surface area (Å²) in [5.41, 5.74) is 4.80. The van der Waals surface area contributed by atoms with E-state index >= 15 is 0 Å². The van der Waals surface area contributed by atoms with Crippen molar-refractivity contribution in [2.75, 3.05) is 0 Å². The molecule has 0 radical (unpaired) electrons. The zero-order valence-corrected chi connectivity index (χ0v) is 6.25. The van der Waals surface area contributed by atoms with Crippen molar-refractivity contribution in [3.63, 3.8) is 0 Å². The maximum absolute atomic E-state index is 12.5. The second-order valence-electron chi connectivity index (χ2n) is 2.81. The highest BCUT2D eigenvalue weighted by Crippen LogP contribution is 2.22. The average molecular weight is 161 g/mol. The van der Waals surface area contributed by atoms with Gasteiger partial charge in [0.1, 0.15) is 12.3 Å². The molecule has 1 fully saturated rings. The highest BCUT2D eigenvalue weighted by Gasteiger charge is 2.22. The number of ether oxygens (including phenoxy) is 1. The molecule has 11 heavy (non-hydrogen) atoms. The first-order valence-electron chi connectivity index (χ1n) is 3.78. The lowest BCUT2D eigenvalue weighted by Crippen LogP contribution is -2.27. The molecule has 0 unspecified atom stereocenters. The first-order chi connectivity index (χ1) is 5.18. The Morgan fingerprint density at radius 1 is 1.36 bits per heavy atom. The van der Waals surface area contributed by atoms with Crippen LogP contribution in [0.25, 0.3) is 0 Å². The summed E-state index contributed by atoms with van der Waals surface area (Å²) in [6, 6.07) is 0. The zero-order chi connectivity index (χ0) is 8.27. The van der Waals surface area contributed by atoms with Gasteiger partial charge in [-0.25, -0.2) is 9.18 Å². The van der Waals surface area contributed by atoms with Gasteiger partial charge in [-0.3, -0.25) is 0 Å². The largest absolute Gasteiger partial charge is 0.446 e. The number of carbonyl (C=O) groups excluding carboxylic acids is 1. The number of hydrogen-bond acceptors (Lipinski definition) is 2. The van der Waals surface area contributed by atoms with E-state index in [4.69, 9.17) is 10.5 Å². The molecule has 0 atom stereocenters. The molecule has 1 rings (SSSR count). The van der Waals surface area contributed by atoms with E-state index in [0.717, 1.165) is 0 Å². The third-order valence-electron chi connectivity index (χ3n) is 1.89. The van der Waals surface area contributed by atoms with E-state index < -0.39 is 12.3 Å². The van der Waals surface area contributed by atoms with E-state index in [2.05, 4.69) is 0 Å². The van der Waals surface area contributed by atoms with Crippen molar-refractivity contribution in [1.29, 1.82) is 0 Å². The van der Waals surface area contributed by atoms with Crippen molar-refractivity contribution in [2.24, 2.45) is 5.73 Å². The molecule has 2 N–H and O–H groups in total. The highest BCUT2D eigenvalue weighted by molar-refractivity contribution is 5.64. The van der Waals surface area contributed by atoms with E-state index in [1.807, 2.05) is 0 Å².